The van der Waals surface area contributed by atoms with Crippen LogP contribution in [-0.2, 0) is 9.53 Å². The molecule has 2 aliphatic heterocycles. The largest absolute Gasteiger partial charge is 0.482 e. The molecule has 10 nitrogen and oxygen atoms in total. The standard InChI is InChI=1S/C27H35N5O5S/c1-27(2,3)37-26(35)31-11-5-8-19(14-31)28-25(34)30-22-16-38-24(29-22)18-9-10-20-21(12-18)36-15-23(33)32(20)13-17-6-4-7-17/h9-10,12,16-17,19H,4-8,11,13-15H2,1-3H3,(H2,28,30,34)/t19-/m1/s1. The Kier molecular flexibility index (Phi) is 7.47. The Morgan fingerprint density at radius 2 is 2.03 bits per heavy atom. The molecule has 0 spiro atoms. The van der Waals surface area contributed by atoms with Gasteiger partial charge in [-0.05, 0) is 70.6 Å². The van der Waals surface area contributed by atoms with E-state index in [1.54, 1.807) is 10.3 Å². The molecule has 204 valence electrons. The van der Waals surface area contributed by atoms with Gasteiger partial charge in [0.1, 0.15) is 22.2 Å². The summed E-state index contributed by atoms with van der Waals surface area (Å²) in [5.74, 6) is 1.69. The Balaban J connectivity index is 1.18. The third-order valence-corrected chi connectivity index (χ3v) is 7.86. The van der Waals surface area contributed by atoms with Gasteiger partial charge in [0.2, 0.25) is 0 Å². The smallest absolute Gasteiger partial charge is 0.410 e. The normalized spacial score (nSPS) is 19.8. The lowest BCUT2D eigenvalue weighted by Crippen LogP contribution is -2.51. The fourth-order valence-corrected chi connectivity index (χ4v) is 5.61. The van der Waals surface area contributed by atoms with Crippen LogP contribution in [0.15, 0.2) is 23.6 Å². The monoisotopic (exact) mass is 541 g/mol. The average Bonchev–Trinajstić information content (AvgIpc) is 3.29. The minimum atomic E-state index is -0.561. The lowest BCUT2D eigenvalue weighted by atomic mass is 9.85. The summed E-state index contributed by atoms with van der Waals surface area (Å²) in [5, 5.41) is 8.27. The van der Waals surface area contributed by atoms with E-state index in [1.807, 2.05) is 43.9 Å². The molecule has 1 aromatic carbocycles. The first kappa shape index (κ1) is 26.3. The molecule has 4 amide bonds. The molecule has 2 fully saturated rings. The third kappa shape index (κ3) is 6.20. The van der Waals surface area contributed by atoms with Gasteiger partial charge in [0.15, 0.2) is 6.61 Å². The summed E-state index contributed by atoms with van der Waals surface area (Å²) in [6.45, 7) is 7.31. The van der Waals surface area contributed by atoms with E-state index in [9.17, 15) is 14.4 Å². The number of hydrogen-bond donors (Lipinski definition) is 2. The van der Waals surface area contributed by atoms with Crippen molar-refractivity contribution in [3.05, 3.63) is 23.6 Å². The zero-order valence-electron chi connectivity index (χ0n) is 22.1. The molecule has 38 heavy (non-hydrogen) atoms. The summed E-state index contributed by atoms with van der Waals surface area (Å²) in [6, 6.07) is 5.23. The molecular formula is C27H35N5O5S. The van der Waals surface area contributed by atoms with E-state index in [1.165, 1.54) is 30.6 Å². The van der Waals surface area contributed by atoms with Gasteiger partial charge in [0, 0.05) is 36.6 Å². The summed E-state index contributed by atoms with van der Waals surface area (Å²) in [6.07, 6.45) is 4.78. The second-order valence-electron chi connectivity index (χ2n) is 11.2. The molecule has 1 aromatic heterocycles. The number of benzene rings is 1. The molecule has 3 heterocycles. The zero-order chi connectivity index (χ0) is 26.9. The van der Waals surface area contributed by atoms with Crippen LogP contribution in [0.5, 0.6) is 5.75 Å². The van der Waals surface area contributed by atoms with Crippen LogP contribution in [-0.4, -0.2) is 65.8 Å². The number of nitrogens with zero attached hydrogens (tertiary/aromatic N) is 3. The summed E-state index contributed by atoms with van der Waals surface area (Å²) in [5.41, 5.74) is 1.10. The summed E-state index contributed by atoms with van der Waals surface area (Å²) in [4.78, 5) is 45.6. The highest BCUT2D eigenvalue weighted by atomic mass is 32.1. The Hall–Kier alpha value is -3.34. The van der Waals surface area contributed by atoms with E-state index in [4.69, 9.17) is 9.47 Å². The van der Waals surface area contributed by atoms with Gasteiger partial charge in [0.25, 0.3) is 5.91 Å². The van der Waals surface area contributed by atoms with Crippen LogP contribution in [0.2, 0.25) is 0 Å². The molecule has 2 aromatic rings. The number of carbonyl (C=O) groups excluding carboxylic acids is 3. The molecule has 0 radical (unpaired) electrons. The van der Waals surface area contributed by atoms with Gasteiger partial charge < -0.3 is 24.6 Å². The molecule has 0 bridgehead atoms. The van der Waals surface area contributed by atoms with Crippen LogP contribution >= 0.6 is 11.3 Å². The number of carbonyl (C=O) groups is 3. The van der Waals surface area contributed by atoms with Crippen LogP contribution in [0.4, 0.5) is 21.1 Å². The quantitative estimate of drug-likeness (QED) is 0.559. The number of fused-ring (bicyclic) bond motifs is 1. The lowest BCUT2D eigenvalue weighted by molar-refractivity contribution is -0.121. The fraction of sp³-hybridized carbons (Fsp3) is 0.556. The van der Waals surface area contributed by atoms with Crippen molar-refractivity contribution in [1.29, 1.82) is 0 Å². The second kappa shape index (κ2) is 10.8. The summed E-state index contributed by atoms with van der Waals surface area (Å²) < 4.78 is 11.2. The van der Waals surface area contributed by atoms with E-state index >= 15 is 0 Å². The second-order valence-corrected chi connectivity index (χ2v) is 12.0. The number of ether oxygens (including phenoxy) is 2. The summed E-state index contributed by atoms with van der Waals surface area (Å²) in [7, 11) is 0. The molecule has 3 aliphatic rings. The van der Waals surface area contributed by atoms with Crippen LogP contribution in [0.3, 0.4) is 0 Å². The first-order valence-electron chi connectivity index (χ1n) is 13.2. The van der Waals surface area contributed by atoms with Crippen molar-refractivity contribution in [3.8, 4) is 16.3 Å². The minimum absolute atomic E-state index is 0.00363. The van der Waals surface area contributed by atoms with Crippen molar-refractivity contribution in [3.63, 3.8) is 0 Å². The van der Waals surface area contributed by atoms with Gasteiger partial charge in [-0.15, -0.1) is 11.3 Å². The van der Waals surface area contributed by atoms with Crippen molar-refractivity contribution in [2.75, 3.05) is 36.5 Å². The van der Waals surface area contributed by atoms with E-state index in [0.717, 1.165) is 35.6 Å². The van der Waals surface area contributed by atoms with Crippen molar-refractivity contribution in [2.45, 2.75) is 64.5 Å². The molecule has 1 saturated carbocycles. The molecule has 1 aliphatic carbocycles. The predicted molar refractivity (Wildman–Crippen MR) is 146 cm³/mol. The molecular weight excluding hydrogens is 506 g/mol. The number of amides is 4. The first-order valence-corrected chi connectivity index (χ1v) is 14.1. The molecule has 5 rings (SSSR count). The molecule has 1 atom stereocenters. The lowest BCUT2D eigenvalue weighted by Gasteiger charge is -2.35. The number of rotatable bonds is 5. The SMILES string of the molecule is CC(C)(C)OC(=O)N1CCC[C@@H](NC(=O)Nc2csc(-c3ccc4c(c3)OCC(=O)N4CC3CCC3)n2)C1. The maximum atomic E-state index is 12.7. The van der Waals surface area contributed by atoms with Gasteiger partial charge in [-0.2, -0.15) is 0 Å². The van der Waals surface area contributed by atoms with E-state index in [-0.39, 0.29) is 30.7 Å². The summed E-state index contributed by atoms with van der Waals surface area (Å²) >= 11 is 1.42. The van der Waals surface area contributed by atoms with Crippen LogP contribution in [0.25, 0.3) is 10.6 Å². The Morgan fingerprint density at radius 1 is 1.21 bits per heavy atom. The van der Waals surface area contributed by atoms with Gasteiger partial charge >= 0.3 is 12.1 Å². The first-order chi connectivity index (χ1) is 18.1. The number of aromatic nitrogens is 1. The van der Waals surface area contributed by atoms with Crippen molar-refractivity contribution >= 4 is 40.9 Å². The fourth-order valence-electron chi connectivity index (χ4n) is 4.86. The van der Waals surface area contributed by atoms with Gasteiger partial charge in [-0.25, -0.2) is 14.6 Å². The van der Waals surface area contributed by atoms with Crippen LogP contribution < -0.4 is 20.3 Å². The predicted octanol–water partition coefficient (Wildman–Crippen LogP) is 4.86. The zero-order valence-corrected chi connectivity index (χ0v) is 22.9. The minimum Gasteiger partial charge on any atom is -0.482 e. The molecule has 2 N–H and O–H groups in total. The van der Waals surface area contributed by atoms with E-state index < -0.39 is 5.60 Å². The number of likely N-dealkylation sites (tertiary alicyclic amines) is 1. The van der Waals surface area contributed by atoms with Crippen molar-refractivity contribution < 1.29 is 23.9 Å². The van der Waals surface area contributed by atoms with Gasteiger partial charge in [-0.1, -0.05) is 6.42 Å². The maximum absolute atomic E-state index is 12.7. The van der Waals surface area contributed by atoms with Crippen molar-refractivity contribution in [2.24, 2.45) is 5.92 Å². The van der Waals surface area contributed by atoms with E-state index in [0.29, 0.717) is 30.6 Å². The van der Waals surface area contributed by atoms with Gasteiger partial charge in [0.05, 0.1) is 5.69 Å². The average molecular weight is 542 g/mol. The third-order valence-electron chi connectivity index (χ3n) is 6.97. The van der Waals surface area contributed by atoms with E-state index in [2.05, 4.69) is 15.6 Å². The number of anilines is 2. The highest BCUT2D eigenvalue weighted by Crippen LogP contribution is 2.39. The highest BCUT2D eigenvalue weighted by Gasteiger charge is 2.31. The number of hydrogen-bond acceptors (Lipinski definition) is 7. The highest BCUT2D eigenvalue weighted by molar-refractivity contribution is 7.13. The molecule has 11 heteroatoms. The Morgan fingerprint density at radius 3 is 2.76 bits per heavy atom. The number of nitrogens with one attached hydrogen (secondary N) is 2. The number of thiazole rings is 1. The molecule has 1 saturated heterocycles. The number of piperidine rings is 1. The van der Waals surface area contributed by atoms with Crippen LogP contribution in [0.1, 0.15) is 52.9 Å². The Bertz CT molecular complexity index is 1200. The van der Waals surface area contributed by atoms with Gasteiger partial charge in [-0.3, -0.25) is 10.1 Å². The van der Waals surface area contributed by atoms with Crippen molar-refractivity contribution in [1.82, 2.24) is 15.2 Å². The molecule has 0 unspecified atom stereocenters. The topological polar surface area (TPSA) is 113 Å². The Labute approximate surface area is 226 Å². The maximum Gasteiger partial charge on any atom is 0.410 e. The number of urea groups is 1. The van der Waals surface area contributed by atoms with Crippen LogP contribution in [0, 0.1) is 5.92 Å².